The van der Waals surface area contributed by atoms with Crippen molar-refractivity contribution >= 4 is 35.2 Å². The van der Waals surface area contributed by atoms with Gasteiger partial charge in [0.05, 0.1) is 32.0 Å². The first kappa shape index (κ1) is 20.2. The third kappa shape index (κ3) is 4.95. The second-order valence-corrected chi connectivity index (χ2v) is 6.10. The minimum atomic E-state index is -1.40. The summed E-state index contributed by atoms with van der Waals surface area (Å²) >= 11 is 5.21. The predicted molar refractivity (Wildman–Crippen MR) is 107 cm³/mol. The number of hydrazone groups is 1. The fourth-order valence-corrected chi connectivity index (χ4v) is 2.69. The quantitative estimate of drug-likeness (QED) is 0.445. The highest BCUT2D eigenvalue weighted by molar-refractivity contribution is 7.80. The molecule has 2 aromatic carbocycles. The molecule has 0 aliphatic rings. The lowest BCUT2D eigenvalue weighted by molar-refractivity contribution is -0.255. The van der Waals surface area contributed by atoms with E-state index in [2.05, 4.69) is 15.8 Å². The van der Waals surface area contributed by atoms with E-state index in [1.807, 2.05) is 32.0 Å². The fourth-order valence-electron chi connectivity index (χ4n) is 2.52. The van der Waals surface area contributed by atoms with Crippen LogP contribution < -0.4 is 25.3 Å². The van der Waals surface area contributed by atoms with E-state index in [9.17, 15) is 9.90 Å². The minimum Gasteiger partial charge on any atom is -0.545 e. The van der Waals surface area contributed by atoms with E-state index in [4.69, 9.17) is 21.7 Å². The first-order valence-corrected chi connectivity index (χ1v) is 8.41. The molecule has 0 saturated carbocycles. The molecule has 0 amide bonds. The number of hydrogen-bond acceptors (Lipinski definition) is 6. The summed E-state index contributed by atoms with van der Waals surface area (Å²) in [4.78, 5) is 11.5. The lowest BCUT2D eigenvalue weighted by atomic mass is 10.1. The number of carbonyl (C=O) groups excluding carboxylic acids is 1. The molecule has 0 aromatic heterocycles. The molecule has 7 nitrogen and oxygen atoms in total. The summed E-state index contributed by atoms with van der Waals surface area (Å²) < 4.78 is 10.2. The van der Waals surface area contributed by atoms with Crippen molar-refractivity contribution in [1.29, 1.82) is 0 Å². The SMILES string of the molecule is COc1ccc(/C=N\NC(=S)Nc2ccc(C)cc2C)c(C(=O)[O-])c1OC. The number of thiocarbonyl (C=S) groups is 1. The Bertz CT molecular complexity index is 897. The highest BCUT2D eigenvalue weighted by Gasteiger charge is 2.15. The van der Waals surface area contributed by atoms with Crippen molar-refractivity contribution in [2.45, 2.75) is 13.8 Å². The van der Waals surface area contributed by atoms with Crippen LogP contribution in [0.15, 0.2) is 35.4 Å². The Kier molecular flexibility index (Phi) is 6.73. The summed E-state index contributed by atoms with van der Waals surface area (Å²) in [6.45, 7) is 3.98. The van der Waals surface area contributed by atoms with Crippen molar-refractivity contribution in [2.75, 3.05) is 19.5 Å². The highest BCUT2D eigenvalue weighted by atomic mass is 32.1. The topological polar surface area (TPSA) is 95.0 Å². The van der Waals surface area contributed by atoms with Crippen LogP contribution in [0.2, 0.25) is 0 Å². The first-order chi connectivity index (χ1) is 12.9. The average Bonchev–Trinajstić information content (AvgIpc) is 2.63. The summed E-state index contributed by atoms with van der Waals surface area (Å²) in [5.74, 6) is -1.05. The maximum absolute atomic E-state index is 11.5. The largest absolute Gasteiger partial charge is 0.545 e. The zero-order valence-corrected chi connectivity index (χ0v) is 16.3. The molecular formula is C19H20N3O4S-. The molecule has 0 unspecified atom stereocenters. The molecule has 2 N–H and O–H groups in total. The number of carboxylic acid groups (broad SMARTS) is 1. The van der Waals surface area contributed by atoms with Crippen LogP contribution in [-0.4, -0.2) is 31.5 Å². The van der Waals surface area contributed by atoms with Crippen LogP contribution in [0.25, 0.3) is 0 Å². The number of nitrogens with one attached hydrogen (secondary N) is 2. The number of hydrogen-bond donors (Lipinski definition) is 2. The third-order valence-corrected chi connectivity index (χ3v) is 3.98. The standard InChI is InChI=1S/C19H21N3O4S/c1-11-5-7-14(12(2)9-11)21-19(27)22-20-10-13-6-8-15(25-3)17(26-4)16(13)18(23)24/h5-10H,1-4H3,(H,23,24)(H2,21,22,27)/p-1/b20-10-. The molecule has 2 rings (SSSR count). The van der Waals surface area contributed by atoms with Gasteiger partial charge in [0.25, 0.3) is 0 Å². The first-order valence-electron chi connectivity index (χ1n) is 8.01. The summed E-state index contributed by atoms with van der Waals surface area (Å²) in [5.41, 5.74) is 5.84. The zero-order chi connectivity index (χ0) is 20.0. The van der Waals surface area contributed by atoms with Crippen LogP contribution in [0.3, 0.4) is 0 Å². The van der Waals surface area contributed by atoms with Gasteiger partial charge < -0.3 is 24.7 Å². The Morgan fingerprint density at radius 2 is 1.93 bits per heavy atom. The molecule has 0 aliphatic heterocycles. The monoisotopic (exact) mass is 386 g/mol. The molecule has 0 radical (unpaired) electrons. The predicted octanol–water partition coefficient (Wildman–Crippen LogP) is 2.00. The van der Waals surface area contributed by atoms with Gasteiger partial charge in [-0.2, -0.15) is 5.10 Å². The summed E-state index contributed by atoms with van der Waals surface area (Å²) in [5, 5.41) is 18.8. The molecule has 2 aromatic rings. The van der Waals surface area contributed by atoms with Crippen LogP contribution >= 0.6 is 12.2 Å². The van der Waals surface area contributed by atoms with Crippen molar-refractivity contribution < 1.29 is 19.4 Å². The maximum atomic E-state index is 11.5. The molecule has 0 saturated heterocycles. The number of anilines is 1. The normalized spacial score (nSPS) is 10.5. The van der Waals surface area contributed by atoms with Crippen LogP contribution in [0.4, 0.5) is 5.69 Å². The molecule has 0 atom stereocenters. The molecule has 0 aliphatic carbocycles. The van der Waals surface area contributed by atoms with E-state index < -0.39 is 5.97 Å². The van der Waals surface area contributed by atoms with E-state index in [-0.39, 0.29) is 27.7 Å². The second-order valence-electron chi connectivity index (χ2n) is 5.70. The smallest absolute Gasteiger partial charge is 0.191 e. The summed E-state index contributed by atoms with van der Waals surface area (Å²) in [7, 11) is 2.77. The number of aryl methyl sites for hydroxylation is 2. The summed E-state index contributed by atoms with van der Waals surface area (Å²) in [6, 6.07) is 9.04. The molecule has 0 spiro atoms. The van der Waals surface area contributed by atoms with Crippen molar-refractivity contribution in [3.63, 3.8) is 0 Å². The Balaban J connectivity index is 2.15. The van der Waals surface area contributed by atoms with E-state index in [1.54, 1.807) is 6.07 Å². The van der Waals surface area contributed by atoms with Crippen LogP contribution in [0.5, 0.6) is 11.5 Å². The Labute approximate surface area is 163 Å². The third-order valence-electron chi connectivity index (χ3n) is 3.78. The van der Waals surface area contributed by atoms with Crippen molar-refractivity contribution in [3.05, 3.63) is 52.6 Å². The van der Waals surface area contributed by atoms with E-state index in [0.29, 0.717) is 0 Å². The van der Waals surface area contributed by atoms with Gasteiger partial charge in [0, 0.05) is 11.3 Å². The molecular weight excluding hydrogens is 366 g/mol. The molecule has 0 heterocycles. The van der Waals surface area contributed by atoms with Gasteiger partial charge >= 0.3 is 0 Å². The van der Waals surface area contributed by atoms with Gasteiger partial charge in [-0.25, -0.2) is 0 Å². The molecule has 0 bridgehead atoms. The van der Waals surface area contributed by atoms with Crippen molar-refractivity contribution in [3.8, 4) is 11.5 Å². The number of nitrogens with zero attached hydrogens (tertiary/aromatic N) is 1. The van der Waals surface area contributed by atoms with E-state index >= 15 is 0 Å². The Morgan fingerprint density at radius 3 is 2.52 bits per heavy atom. The fraction of sp³-hybridized carbons (Fsp3) is 0.211. The van der Waals surface area contributed by atoms with Gasteiger partial charge in [-0.15, -0.1) is 0 Å². The number of carbonyl (C=O) groups is 1. The maximum Gasteiger partial charge on any atom is 0.191 e. The Hall–Kier alpha value is -3.13. The number of aromatic carboxylic acids is 1. The van der Waals surface area contributed by atoms with Crippen LogP contribution in [-0.2, 0) is 0 Å². The van der Waals surface area contributed by atoms with Gasteiger partial charge in [0.1, 0.15) is 0 Å². The second kappa shape index (κ2) is 9.00. The number of carboxylic acids is 1. The number of benzene rings is 2. The van der Waals surface area contributed by atoms with Crippen molar-refractivity contribution in [2.24, 2.45) is 5.10 Å². The number of ether oxygens (including phenoxy) is 2. The average molecular weight is 386 g/mol. The van der Waals surface area contributed by atoms with Crippen LogP contribution in [0, 0.1) is 13.8 Å². The molecule has 142 valence electrons. The minimum absolute atomic E-state index is 0.0671. The number of rotatable bonds is 6. The molecule has 0 fully saturated rings. The zero-order valence-electron chi connectivity index (χ0n) is 15.5. The Morgan fingerprint density at radius 1 is 1.19 bits per heavy atom. The lowest BCUT2D eigenvalue weighted by Crippen LogP contribution is -2.26. The van der Waals surface area contributed by atoms with Gasteiger partial charge in [-0.1, -0.05) is 17.7 Å². The highest BCUT2D eigenvalue weighted by Crippen LogP contribution is 2.32. The van der Waals surface area contributed by atoms with Gasteiger partial charge in [-0.3, -0.25) is 5.43 Å². The lowest BCUT2D eigenvalue weighted by Gasteiger charge is -2.15. The van der Waals surface area contributed by atoms with E-state index in [1.165, 1.54) is 26.5 Å². The number of methoxy groups -OCH3 is 2. The summed E-state index contributed by atoms with van der Waals surface area (Å²) in [6.07, 6.45) is 1.32. The molecule has 27 heavy (non-hydrogen) atoms. The van der Waals surface area contributed by atoms with Gasteiger partial charge in [-0.05, 0) is 49.8 Å². The van der Waals surface area contributed by atoms with Gasteiger partial charge in [0.15, 0.2) is 16.6 Å². The van der Waals surface area contributed by atoms with Crippen LogP contribution in [0.1, 0.15) is 27.0 Å². The molecule has 8 heteroatoms. The van der Waals surface area contributed by atoms with E-state index in [0.717, 1.165) is 16.8 Å². The van der Waals surface area contributed by atoms with Gasteiger partial charge in [0.2, 0.25) is 0 Å². The van der Waals surface area contributed by atoms with Crippen molar-refractivity contribution in [1.82, 2.24) is 5.43 Å².